The second kappa shape index (κ2) is 6.47. The number of halogens is 1. The van der Waals surface area contributed by atoms with Crippen LogP contribution in [0, 0.1) is 0 Å². The summed E-state index contributed by atoms with van der Waals surface area (Å²) in [5.41, 5.74) is 0. The standard InChI is InChI=1S/C11H16BrNO3S2/c12-10-5-8-17-11(10)18(14,15)13-6-4-9-3-1-2-7-16-9/h5,8-9,13H,1-4,6-7H2. The molecule has 2 heterocycles. The molecular weight excluding hydrogens is 338 g/mol. The summed E-state index contributed by atoms with van der Waals surface area (Å²) in [5, 5.41) is 1.75. The van der Waals surface area contributed by atoms with E-state index in [1.165, 1.54) is 17.8 Å². The van der Waals surface area contributed by atoms with Crippen molar-refractivity contribution in [1.82, 2.24) is 4.72 Å². The Labute approximate surface area is 120 Å². The molecule has 0 aromatic carbocycles. The van der Waals surface area contributed by atoms with Gasteiger partial charge in [-0.25, -0.2) is 13.1 Å². The monoisotopic (exact) mass is 353 g/mol. The Morgan fingerprint density at radius 3 is 2.94 bits per heavy atom. The Kier molecular flexibility index (Phi) is 5.20. The highest BCUT2D eigenvalue weighted by molar-refractivity contribution is 9.10. The zero-order valence-electron chi connectivity index (χ0n) is 9.89. The van der Waals surface area contributed by atoms with Gasteiger partial charge in [-0.15, -0.1) is 11.3 Å². The fourth-order valence-corrected chi connectivity index (χ4v) is 5.35. The Balaban J connectivity index is 1.84. The number of rotatable bonds is 5. The third kappa shape index (κ3) is 3.77. The van der Waals surface area contributed by atoms with E-state index < -0.39 is 10.0 Å². The molecule has 1 saturated heterocycles. The zero-order valence-corrected chi connectivity index (χ0v) is 13.1. The van der Waals surface area contributed by atoms with E-state index in [9.17, 15) is 8.42 Å². The number of hydrogen-bond acceptors (Lipinski definition) is 4. The number of thiophene rings is 1. The Hall–Kier alpha value is 0.0500. The molecule has 0 saturated carbocycles. The average Bonchev–Trinajstić information content (AvgIpc) is 2.77. The summed E-state index contributed by atoms with van der Waals surface area (Å²) in [6.07, 6.45) is 4.26. The third-order valence-electron chi connectivity index (χ3n) is 2.86. The SMILES string of the molecule is O=S(=O)(NCCC1CCCCO1)c1sccc1Br. The maximum Gasteiger partial charge on any atom is 0.251 e. The van der Waals surface area contributed by atoms with Crippen LogP contribution in [0.5, 0.6) is 0 Å². The van der Waals surface area contributed by atoms with Gasteiger partial charge in [-0.2, -0.15) is 0 Å². The van der Waals surface area contributed by atoms with E-state index in [2.05, 4.69) is 20.7 Å². The molecule has 7 heteroatoms. The minimum atomic E-state index is -3.38. The third-order valence-corrected chi connectivity index (χ3v) is 6.99. The smallest absolute Gasteiger partial charge is 0.251 e. The number of ether oxygens (including phenoxy) is 1. The molecule has 18 heavy (non-hydrogen) atoms. The van der Waals surface area contributed by atoms with E-state index in [0.29, 0.717) is 15.2 Å². The van der Waals surface area contributed by atoms with Crippen LogP contribution in [0.2, 0.25) is 0 Å². The van der Waals surface area contributed by atoms with Crippen LogP contribution in [-0.4, -0.2) is 27.7 Å². The van der Waals surface area contributed by atoms with Crippen molar-refractivity contribution in [2.75, 3.05) is 13.2 Å². The minimum Gasteiger partial charge on any atom is -0.378 e. The summed E-state index contributed by atoms with van der Waals surface area (Å²) in [6, 6.07) is 1.74. The van der Waals surface area contributed by atoms with Crippen molar-refractivity contribution in [2.45, 2.75) is 36.0 Å². The van der Waals surface area contributed by atoms with E-state index in [1.54, 1.807) is 11.4 Å². The van der Waals surface area contributed by atoms with Crippen LogP contribution in [0.15, 0.2) is 20.1 Å². The summed E-state index contributed by atoms with van der Waals surface area (Å²) < 4.78 is 33.1. The summed E-state index contributed by atoms with van der Waals surface area (Å²) in [5.74, 6) is 0. The second-order valence-corrected chi connectivity index (χ2v) is 7.96. The van der Waals surface area contributed by atoms with E-state index in [1.807, 2.05) is 0 Å². The van der Waals surface area contributed by atoms with Crippen molar-refractivity contribution in [3.05, 3.63) is 15.9 Å². The normalized spacial score (nSPS) is 21.1. The maximum absolute atomic E-state index is 12.0. The predicted molar refractivity (Wildman–Crippen MR) is 75.4 cm³/mol. The first kappa shape index (κ1) is 14.5. The van der Waals surface area contributed by atoms with Crippen LogP contribution in [-0.2, 0) is 14.8 Å². The molecule has 1 N–H and O–H groups in total. The molecule has 1 fully saturated rings. The van der Waals surface area contributed by atoms with Gasteiger partial charge >= 0.3 is 0 Å². The summed E-state index contributed by atoms with van der Waals surface area (Å²) >= 11 is 4.45. The maximum atomic E-state index is 12.0. The van der Waals surface area contributed by atoms with E-state index in [-0.39, 0.29) is 6.10 Å². The first-order valence-electron chi connectivity index (χ1n) is 5.94. The van der Waals surface area contributed by atoms with Crippen molar-refractivity contribution >= 4 is 37.3 Å². The Bertz CT molecular complexity index is 480. The van der Waals surface area contributed by atoms with Gasteiger partial charge in [0.05, 0.1) is 6.10 Å². The predicted octanol–water partition coefficient (Wildman–Crippen LogP) is 2.75. The van der Waals surface area contributed by atoms with Gasteiger partial charge in [-0.1, -0.05) is 0 Å². The van der Waals surface area contributed by atoms with Crippen LogP contribution >= 0.6 is 27.3 Å². The van der Waals surface area contributed by atoms with Gasteiger partial charge in [-0.05, 0) is 53.1 Å². The first-order chi connectivity index (χ1) is 8.59. The lowest BCUT2D eigenvalue weighted by atomic mass is 10.1. The van der Waals surface area contributed by atoms with Gasteiger partial charge in [0, 0.05) is 17.6 Å². The molecule has 1 aliphatic rings. The topological polar surface area (TPSA) is 55.4 Å². The molecule has 0 spiro atoms. The highest BCUT2D eigenvalue weighted by atomic mass is 79.9. The van der Waals surface area contributed by atoms with Crippen molar-refractivity contribution in [2.24, 2.45) is 0 Å². The lowest BCUT2D eigenvalue weighted by molar-refractivity contribution is 0.0123. The number of sulfonamides is 1. The summed E-state index contributed by atoms with van der Waals surface area (Å²) in [4.78, 5) is 0. The molecule has 0 bridgehead atoms. The molecule has 1 aromatic rings. The molecule has 1 aliphatic heterocycles. The van der Waals surface area contributed by atoms with E-state index in [0.717, 1.165) is 25.9 Å². The molecular formula is C11H16BrNO3S2. The highest BCUT2D eigenvalue weighted by Gasteiger charge is 2.20. The van der Waals surface area contributed by atoms with Crippen molar-refractivity contribution in [3.63, 3.8) is 0 Å². The zero-order chi connectivity index (χ0) is 13.0. The Morgan fingerprint density at radius 2 is 2.33 bits per heavy atom. The summed E-state index contributed by atoms with van der Waals surface area (Å²) in [7, 11) is -3.38. The van der Waals surface area contributed by atoms with Gasteiger partial charge < -0.3 is 4.74 Å². The fourth-order valence-electron chi connectivity index (χ4n) is 1.93. The first-order valence-corrected chi connectivity index (χ1v) is 9.09. The van der Waals surface area contributed by atoms with E-state index >= 15 is 0 Å². The van der Waals surface area contributed by atoms with Gasteiger partial charge in [0.25, 0.3) is 10.0 Å². The molecule has 0 amide bonds. The van der Waals surface area contributed by atoms with Gasteiger partial charge in [0.1, 0.15) is 4.21 Å². The lowest BCUT2D eigenvalue weighted by Crippen LogP contribution is -2.29. The molecule has 0 radical (unpaired) electrons. The van der Waals surface area contributed by atoms with Crippen LogP contribution in [0.1, 0.15) is 25.7 Å². The summed E-state index contributed by atoms with van der Waals surface area (Å²) in [6.45, 7) is 1.23. The van der Waals surface area contributed by atoms with Gasteiger partial charge in [0.15, 0.2) is 0 Å². The minimum absolute atomic E-state index is 0.202. The number of nitrogens with one attached hydrogen (secondary N) is 1. The second-order valence-electron chi connectivity index (χ2n) is 4.23. The average molecular weight is 354 g/mol. The molecule has 1 aromatic heterocycles. The highest BCUT2D eigenvalue weighted by Crippen LogP contribution is 2.27. The molecule has 2 rings (SSSR count). The molecule has 102 valence electrons. The number of hydrogen-bond donors (Lipinski definition) is 1. The van der Waals surface area contributed by atoms with Crippen molar-refractivity contribution < 1.29 is 13.2 Å². The van der Waals surface area contributed by atoms with Crippen LogP contribution < -0.4 is 4.72 Å². The van der Waals surface area contributed by atoms with Crippen molar-refractivity contribution in [3.8, 4) is 0 Å². The van der Waals surface area contributed by atoms with Crippen LogP contribution in [0.4, 0.5) is 0 Å². The van der Waals surface area contributed by atoms with Crippen LogP contribution in [0.25, 0.3) is 0 Å². The quantitative estimate of drug-likeness (QED) is 0.885. The largest absolute Gasteiger partial charge is 0.378 e. The molecule has 1 atom stereocenters. The molecule has 0 aliphatic carbocycles. The van der Waals surface area contributed by atoms with Crippen LogP contribution in [0.3, 0.4) is 0 Å². The fraction of sp³-hybridized carbons (Fsp3) is 0.636. The van der Waals surface area contributed by atoms with E-state index in [4.69, 9.17) is 4.74 Å². The lowest BCUT2D eigenvalue weighted by Gasteiger charge is -2.22. The van der Waals surface area contributed by atoms with Gasteiger partial charge in [-0.3, -0.25) is 0 Å². The van der Waals surface area contributed by atoms with Crippen molar-refractivity contribution in [1.29, 1.82) is 0 Å². The Morgan fingerprint density at radius 1 is 1.50 bits per heavy atom. The van der Waals surface area contributed by atoms with Gasteiger partial charge in [0.2, 0.25) is 0 Å². The molecule has 1 unspecified atom stereocenters. The molecule has 4 nitrogen and oxygen atoms in total.